The van der Waals surface area contributed by atoms with Crippen molar-refractivity contribution in [2.45, 2.75) is 12.8 Å². The molecule has 5 nitrogen and oxygen atoms in total. The van der Waals surface area contributed by atoms with Crippen LogP contribution < -0.4 is 5.73 Å². The summed E-state index contributed by atoms with van der Waals surface area (Å²) in [4.78, 5) is 11.0. The summed E-state index contributed by atoms with van der Waals surface area (Å²) < 4.78 is 5.37. The van der Waals surface area contributed by atoms with Gasteiger partial charge < -0.3 is 10.2 Å². The van der Waals surface area contributed by atoms with Crippen LogP contribution in [0.4, 0.5) is 0 Å². The van der Waals surface area contributed by atoms with E-state index in [1.807, 2.05) is 0 Å². The van der Waals surface area contributed by atoms with E-state index in [9.17, 15) is 4.79 Å². The summed E-state index contributed by atoms with van der Waals surface area (Å²) in [6.07, 6.45) is 3.47. The predicted molar refractivity (Wildman–Crippen MR) is 52.2 cm³/mol. The zero-order valence-corrected chi connectivity index (χ0v) is 7.91. The molecule has 3 N–H and O–H groups in total. The molecule has 1 aliphatic carbocycles. The molecular formula is C10H9N3O2. The van der Waals surface area contributed by atoms with E-state index in [1.54, 1.807) is 12.3 Å². The fourth-order valence-corrected chi connectivity index (χ4v) is 1.93. The molecule has 0 saturated carbocycles. The lowest BCUT2D eigenvalue weighted by Crippen LogP contribution is -2.09. The van der Waals surface area contributed by atoms with Gasteiger partial charge in [0.2, 0.25) is 0 Å². The zero-order valence-electron chi connectivity index (χ0n) is 7.91. The third kappa shape index (κ3) is 1.09. The number of aromatic amines is 1. The summed E-state index contributed by atoms with van der Waals surface area (Å²) in [5.74, 6) is 0.480. The third-order valence-electron chi connectivity index (χ3n) is 2.66. The second kappa shape index (κ2) is 2.73. The van der Waals surface area contributed by atoms with E-state index in [4.69, 9.17) is 10.2 Å². The van der Waals surface area contributed by atoms with Crippen LogP contribution in [0.2, 0.25) is 0 Å². The highest BCUT2D eigenvalue weighted by atomic mass is 16.3. The first-order valence-corrected chi connectivity index (χ1v) is 4.71. The minimum absolute atomic E-state index is 0.211. The van der Waals surface area contributed by atoms with Gasteiger partial charge in [-0.15, -0.1) is 0 Å². The zero-order chi connectivity index (χ0) is 10.4. The van der Waals surface area contributed by atoms with Gasteiger partial charge in [-0.05, 0) is 18.1 Å². The molecule has 0 aromatic carbocycles. The first-order valence-electron chi connectivity index (χ1n) is 4.71. The van der Waals surface area contributed by atoms with Gasteiger partial charge in [0.25, 0.3) is 5.91 Å². The fraction of sp³-hybridized carbons (Fsp3) is 0.200. The molecule has 3 rings (SSSR count). The number of hydrogen-bond donors (Lipinski definition) is 2. The first kappa shape index (κ1) is 8.28. The van der Waals surface area contributed by atoms with Crippen molar-refractivity contribution in [1.82, 2.24) is 10.2 Å². The Kier molecular flexibility index (Phi) is 1.50. The molecule has 2 aromatic heterocycles. The van der Waals surface area contributed by atoms with Crippen LogP contribution in [0.3, 0.4) is 0 Å². The van der Waals surface area contributed by atoms with Gasteiger partial charge >= 0.3 is 0 Å². The summed E-state index contributed by atoms with van der Waals surface area (Å²) in [5.41, 5.74) is 8.16. The van der Waals surface area contributed by atoms with E-state index >= 15 is 0 Å². The number of amides is 1. The molecule has 0 unspecified atom stereocenters. The van der Waals surface area contributed by atoms with Gasteiger partial charge in [-0.2, -0.15) is 5.10 Å². The maximum Gasteiger partial charge on any atom is 0.284 e. The third-order valence-corrected chi connectivity index (χ3v) is 2.66. The SMILES string of the molecule is NC(=O)c1cc2c(o1)CCc1cn[nH]c1-2. The van der Waals surface area contributed by atoms with Gasteiger partial charge in [-0.1, -0.05) is 0 Å². The molecule has 1 amide bonds. The highest BCUT2D eigenvalue weighted by Crippen LogP contribution is 2.33. The Hall–Kier alpha value is -2.04. The molecule has 0 saturated heterocycles. The molecule has 0 radical (unpaired) electrons. The molecular weight excluding hydrogens is 194 g/mol. The standard InChI is InChI=1S/C10H9N3O2/c11-10(14)8-3-6-7(15-8)2-1-5-4-12-13-9(5)6/h3-4H,1-2H2,(H2,11,14)(H,12,13). The highest BCUT2D eigenvalue weighted by Gasteiger charge is 2.23. The molecule has 15 heavy (non-hydrogen) atoms. The van der Waals surface area contributed by atoms with Crippen molar-refractivity contribution in [1.29, 1.82) is 0 Å². The number of primary amides is 1. The number of aryl methyl sites for hydroxylation is 2. The van der Waals surface area contributed by atoms with Crippen molar-refractivity contribution >= 4 is 5.91 Å². The largest absolute Gasteiger partial charge is 0.455 e. The average Bonchev–Trinajstić information content (AvgIpc) is 2.82. The maximum atomic E-state index is 11.0. The number of rotatable bonds is 1. The van der Waals surface area contributed by atoms with Crippen LogP contribution in [0.25, 0.3) is 11.3 Å². The maximum absolute atomic E-state index is 11.0. The van der Waals surface area contributed by atoms with E-state index in [2.05, 4.69) is 10.2 Å². The minimum Gasteiger partial charge on any atom is -0.455 e. The van der Waals surface area contributed by atoms with E-state index < -0.39 is 5.91 Å². The number of H-pyrrole nitrogens is 1. The number of nitrogens with zero attached hydrogens (tertiary/aromatic N) is 1. The molecule has 0 bridgehead atoms. The monoisotopic (exact) mass is 203 g/mol. The number of nitrogens with two attached hydrogens (primary N) is 1. The number of nitrogens with one attached hydrogen (secondary N) is 1. The van der Waals surface area contributed by atoms with E-state index in [1.165, 1.54) is 0 Å². The second-order valence-electron chi connectivity index (χ2n) is 3.58. The van der Waals surface area contributed by atoms with Gasteiger partial charge in [0.05, 0.1) is 11.9 Å². The second-order valence-corrected chi connectivity index (χ2v) is 3.58. The van der Waals surface area contributed by atoms with Crippen molar-refractivity contribution in [3.8, 4) is 11.3 Å². The normalized spacial score (nSPS) is 13.3. The van der Waals surface area contributed by atoms with E-state index in [-0.39, 0.29) is 5.76 Å². The molecule has 1 aliphatic rings. The highest BCUT2D eigenvalue weighted by molar-refractivity contribution is 5.92. The lowest BCUT2D eigenvalue weighted by molar-refractivity contribution is 0.0972. The number of hydrogen-bond acceptors (Lipinski definition) is 3. The molecule has 76 valence electrons. The molecule has 0 spiro atoms. The Morgan fingerprint density at radius 1 is 1.53 bits per heavy atom. The van der Waals surface area contributed by atoms with Crippen LogP contribution in [0.5, 0.6) is 0 Å². The van der Waals surface area contributed by atoms with Gasteiger partial charge in [-0.3, -0.25) is 9.89 Å². The topological polar surface area (TPSA) is 84.9 Å². The van der Waals surface area contributed by atoms with Crippen LogP contribution in [0.1, 0.15) is 21.9 Å². The van der Waals surface area contributed by atoms with Crippen molar-refractivity contribution in [3.05, 3.63) is 29.3 Å². The van der Waals surface area contributed by atoms with Crippen molar-refractivity contribution in [3.63, 3.8) is 0 Å². The van der Waals surface area contributed by atoms with E-state index in [0.717, 1.165) is 35.4 Å². The van der Waals surface area contributed by atoms with Gasteiger partial charge in [0.1, 0.15) is 5.76 Å². The summed E-state index contributed by atoms with van der Waals surface area (Å²) in [6.45, 7) is 0. The fourth-order valence-electron chi connectivity index (χ4n) is 1.93. The quantitative estimate of drug-likeness (QED) is 0.721. The Balaban J connectivity index is 2.20. The van der Waals surface area contributed by atoms with Gasteiger partial charge in [-0.25, -0.2) is 0 Å². The van der Waals surface area contributed by atoms with Gasteiger partial charge in [0.15, 0.2) is 5.76 Å². The minimum atomic E-state index is -0.537. The lowest BCUT2D eigenvalue weighted by Gasteiger charge is -2.08. The molecule has 2 heterocycles. The summed E-state index contributed by atoms with van der Waals surface area (Å²) in [6, 6.07) is 1.67. The van der Waals surface area contributed by atoms with Crippen LogP contribution >= 0.6 is 0 Å². The molecule has 0 fully saturated rings. The molecule has 0 atom stereocenters. The van der Waals surface area contributed by atoms with Crippen LogP contribution in [0, 0.1) is 0 Å². The van der Waals surface area contributed by atoms with Crippen LogP contribution in [-0.2, 0) is 12.8 Å². The van der Waals surface area contributed by atoms with E-state index in [0.29, 0.717) is 0 Å². The van der Waals surface area contributed by atoms with Crippen molar-refractivity contribution in [2.24, 2.45) is 5.73 Å². The first-order chi connectivity index (χ1) is 7.25. The number of carbonyl (C=O) groups is 1. The van der Waals surface area contributed by atoms with Crippen LogP contribution in [-0.4, -0.2) is 16.1 Å². The Morgan fingerprint density at radius 2 is 2.40 bits per heavy atom. The molecule has 2 aromatic rings. The molecule has 5 heteroatoms. The smallest absolute Gasteiger partial charge is 0.284 e. The number of carbonyl (C=O) groups excluding carboxylic acids is 1. The average molecular weight is 203 g/mol. The summed E-state index contributed by atoms with van der Waals surface area (Å²) >= 11 is 0. The Labute approximate surface area is 85.3 Å². The number of aromatic nitrogens is 2. The Bertz CT molecular complexity index is 539. The summed E-state index contributed by atoms with van der Waals surface area (Å²) in [5, 5.41) is 6.88. The van der Waals surface area contributed by atoms with Crippen molar-refractivity contribution < 1.29 is 9.21 Å². The predicted octanol–water partition coefficient (Wildman–Crippen LogP) is 0.867. The van der Waals surface area contributed by atoms with Crippen LogP contribution in [0.15, 0.2) is 16.7 Å². The number of fused-ring (bicyclic) bond motifs is 3. The van der Waals surface area contributed by atoms with Gasteiger partial charge in [0, 0.05) is 12.0 Å². The summed E-state index contributed by atoms with van der Waals surface area (Å²) in [7, 11) is 0. The Morgan fingerprint density at radius 3 is 3.20 bits per heavy atom. The molecule has 0 aliphatic heterocycles. The lowest BCUT2D eigenvalue weighted by atomic mass is 9.97. The van der Waals surface area contributed by atoms with Crippen molar-refractivity contribution in [2.75, 3.05) is 0 Å². The number of furan rings is 1.